The van der Waals surface area contributed by atoms with Crippen LogP contribution >= 0.6 is 0 Å². The summed E-state index contributed by atoms with van der Waals surface area (Å²) >= 11 is 0. The SMILES string of the molecule is O=C(O)Cc1ccc(COC(=O)c2ccc(CN3CC(=O)NS3(=O)=O)cc2)cc1. The highest BCUT2D eigenvalue weighted by Crippen LogP contribution is 2.14. The van der Waals surface area contributed by atoms with E-state index in [-0.39, 0.29) is 26.1 Å². The van der Waals surface area contributed by atoms with Crippen molar-refractivity contribution in [1.29, 1.82) is 0 Å². The van der Waals surface area contributed by atoms with Crippen LogP contribution in [0.5, 0.6) is 0 Å². The van der Waals surface area contributed by atoms with Crippen molar-refractivity contribution in [2.45, 2.75) is 19.6 Å². The monoisotopic (exact) mass is 418 g/mol. The molecule has 0 unspecified atom stereocenters. The summed E-state index contributed by atoms with van der Waals surface area (Å²) in [5.74, 6) is -2.05. The molecule has 1 aliphatic rings. The van der Waals surface area contributed by atoms with Gasteiger partial charge in [0.2, 0.25) is 5.91 Å². The van der Waals surface area contributed by atoms with Crippen molar-refractivity contribution in [2.24, 2.45) is 0 Å². The van der Waals surface area contributed by atoms with Crippen LogP contribution in [-0.4, -0.2) is 42.2 Å². The lowest BCUT2D eigenvalue weighted by Gasteiger charge is -2.12. The minimum absolute atomic E-state index is 0.0130. The van der Waals surface area contributed by atoms with E-state index < -0.39 is 28.1 Å². The third-order valence-electron chi connectivity index (χ3n) is 4.20. The number of hydrogen-bond donors (Lipinski definition) is 2. The van der Waals surface area contributed by atoms with Gasteiger partial charge in [0.25, 0.3) is 0 Å². The van der Waals surface area contributed by atoms with Crippen molar-refractivity contribution in [1.82, 2.24) is 9.03 Å². The molecule has 0 spiro atoms. The van der Waals surface area contributed by atoms with Gasteiger partial charge < -0.3 is 9.84 Å². The Hall–Kier alpha value is -3.24. The number of hydrogen-bond acceptors (Lipinski definition) is 6. The van der Waals surface area contributed by atoms with Crippen LogP contribution in [0.15, 0.2) is 48.5 Å². The number of nitrogens with zero attached hydrogens (tertiary/aromatic N) is 1. The highest BCUT2D eigenvalue weighted by atomic mass is 32.2. The van der Waals surface area contributed by atoms with Crippen LogP contribution < -0.4 is 4.72 Å². The number of carbonyl (C=O) groups excluding carboxylic acids is 2. The van der Waals surface area contributed by atoms with E-state index in [0.717, 1.165) is 9.87 Å². The molecule has 1 fully saturated rings. The molecular formula is C19H18N2O7S. The summed E-state index contributed by atoms with van der Waals surface area (Å²) in [5.41, 5.74) is 2.30. The van der Waals surface area contributed by atoms with E-state index in [1.807, 2.05) is 4.72 Å². The maximum absolute atomic E-state index is 12.2. The number of nitrogens with one attached hydrogen (secondary N) is 1. The molecule has 0 radical (unpaired) electrons. The van der Waals surface area contributed by atoms with Gasteiger partial charge in [-0.25, -0.2) is 9.52 Å². The Morgan fingerprint density at radius 3 is 2.14 bits per heavy atom. The normalized spacial score (nSPS) is 15.7. The van der Waals surface area contributed by atoms with Gasteiger partial charge in [0.1, 0.15) is 6.61 Å². The topological polar surface area (TPSA) is 130 Å². The van der Waals surface area contributed by atoms with Crippen molar-refractivity contribution in [3.8, 4) is 0 Å². The molecule has 152 valence electrons. The first kappa shape index (κ1) is 20.5. The first-order valence-electron chi connectivity index (χ1n) is 8.59. The van der Waals surface area contributed by atoms with E-state index in [1.54, 1.807) is 36.4 Å². The number of benzene rings is 2. The van der Waals surface area contributed by atoms with E-state index in [9.17, 15) is 22.8 Å². The van der Waals surface area contributed by atoms with E-state index in [0.29, 0.717) is 16.7 Å². The van der Waals surface area contributed by atoms with Gasteiger partial charge in [-0.1, -0.05) is 36.4 Å². The first-order chi connectivity index (χ1) is 13.7. The lowest BCUT2D eigenvalue weighted by molar-refractivity contribution is -0.136. The molecule has 1 amide bonds. The fourth-order valence-electron chi connectivity index (χ4n) is 2.74. The third-order valence-corrected chi connectivity index (χ3v) is 5.62. The fraction of sp³-hybridized carbons (Fsp3) is 0.211. The van der Waals surface area contributed by atoms with Gasteiger partial charge in [0.15, 0.2) is 0 Å². The lowest BCUT2D eigenvalue weighted by atomic mass is 10.1. The van der Waals surface area contributed by atoms with E-state index in [2.05, 4.69) is 0 Å². The van der Waals surface area contributed by atoms with Crippen LogP contribution in [0.25, 0.3) is 0 Å². The molecule has 2 N–H and O–H groups in total. The Labute approximate surface area is 167 Å². The number of aliphatic carboxylic acids is 1. The first-order valence-corrected chi connectivity index (χ1v) is 10.0. The summed E-state index contributed by atoms with van der Waals surface area (Å²) in [6.07, 6.45) is -0.0740. The number of amides is 1. The van der Waals surface area contributed by atoms with Crippen LogP contribution in [0.2, 0.25) is 0 Å². The summed E-state index contributed by atoms with van der Waals surface area (Å²) in [5, 5.41) is 8.75. The Bertz CT molecular complexity index is 1030. The molecule has 9 nitrogen and oxygen atoms in total. The number of carboxylic acids is 1. The minimum Gasteiger partial charge on any atom is -0.481 e. The van der Waals surface area contributed by atoms with Gasteiger partial charge in [-0.15, -0.1) is 0 Å². The number of carboxylic acid groups (broad SMARTS) is 1. The Kier molecular flexibility index (Phi) is 5.95. The van der Waals surface area contributed by atoms with Gasteiger partial charge in [0.05, 0.1) is 18.5 Å². The Morgan fingerprint density at radius 2 is 1.59 bits per heavy atom. The van der Waals surface area contributed by atoms with Crippen LogP contribution in [0.1, 0.15) is 27.0 Å². The number of esters is 1. The molecule has 0 aromatic heterocycles. The largest absolute Gasteiger partial charge is 0.481 e. The zero-order chi connectivity index (χ0) is 21.0. The second-order valence-electron chi connectivity index (χ2n) is 6.46. The molecule has 0 bridgehead atoms. The van der Waals surface area contributed by atoms with E-state index in [4.69, 9.17) is 9.84 Å². The van der Waals surface area contributed by atoms with Gasteiger partial charge in [-0.2, -0.15) is 12.7 Å². The molecule has 1 saturated heterocycles. The summed E-state index contributed by atoms with van der Waals surface area (Å²) in [4.78, 5) is 34.1. The van der Waals surface area contributed by atoms with Crippen molar-refractivity contribution in [3.05, 3.63) is 70.8 Å². The van der Waals surface area contributed by atoms with Crippen LogP contribution in [0, 0.1) is 0 Å². The molecule has 29 heavy (non-hydrogen) atoms. The highest BCUT2D eigenvalue weighted by molar-refractivity contribution is 7.88. The molecule has 10 heteroatoms. The molecular weight excluding hydrogens is 400 g/mol. The van der Waals surface area contributed by atoms with Gasteiger partial charge >= 0.3 is 22.1 Å². The summed E-state index contributed by atoms with van der Waals surface area (Å²) in [7, 11) is -3.80. The van der Waals surface area contributed by atoms with Gasteiger partial charge in [0, 0.05) is 6.54 Å². The zero-order valence-electron chi connectivity index (χ0n) is 15.2. The second kappa shape index (κ2) is 8.41. The highest BCUT2D eigenvalue weighted by Gasteiger charge is 2.33. The van der Waals surface area contributed by atoms with E-state index >= 15 is 0 Å². The summed E-state index contributed by atoms with van der Waals surface area (Å²) in [6, 6.07) is 12.9. The second-order valence-corrected chi connectivity index (χ2v) is 8.13. The average molecular weight is 418 g/mol. The van der Waals surface area contributed by atoms with Crippen LogP contribution in [-0.2, 0) is 44.1 Å². The van der Waals surface area contributed by atoms with Crippen LogP contribution in [0.3, 0.4) is 0 Å². The average Bonchev–Trinajstić information content (AvgIpc) is 2.92. The summed E-state index contributed by atoms with van der Waals surface area (Å²) < 4.78 is 31.6. The maximum atomic E-state index is 12.2. The predicted molar refractivity (Wildman–Crippen MR) is 101 cm³/mol. The van der Waals surface area contributed by atoms with E-state index in [1.165, 1.54) is 12.1 Å². The van der Waals surface area contributed by atoms with Gasteiger partial charge in [-0.05, 0) is 28.8 Å². The van der Waals surface area contributed by atoms with Crippen LogP contribution in [0.4, 0.5) is 0 Å². The van der Waals surface area contributed by atoms with Crippen molar-refractivity contribution in [2.75, 3.05) is 6.54 Å². The van der Waals surface area contributed by atoms with Gasteiger partial charge in [-0.3, -0.25) is 9.59 Å². The van der Waals surface area contributed by atoms with Crippen molar-refractivity contribution in [3.63, 3.8) is 0 Å². The Balaban J connectivity index is 1.55. The number of ether oxygens (including phenoxy) is 1. The predicted octanol–water partition coefficient (Wildman–Crippen LogP) is 0.847. The molecule has 0 aliphatic carbocycles. The maximum Gasteiger partial charge on any atom is 0.338 e. The number of carbonyl (C=O) groups is 3. The lowest BCUT2D eigenvalue weighted by Crippen LogP contribution is -2.29. The molecule has 1 heterocycles. The zero-order valence-corrected chi connectivity index (χ0v) is 16.0. The molecule has 0 saturated carbocycles. The Morgan fingerprint density at radius 1 is 1.00 bits per heavy atom. The third kappa shape index (κ3) is 5.39. The quantitative estimate of drug-likeness (QED) is 0.638. The summed E-state index contributed by atoms with van der Waals surface area (Å²) in [6.45, 7) is -0.190. The molecule has 3 rings (SSSR count). The van der Waals surface area contributed by atoms with Crippen molar-refractivity contribution >= 4 is 28.1 Å². The molecule has 1 aliphatic heterocycles. The number of rotatable bonds is 7. The molecule has 2 aromatic carbocycles. The minimum atomic E-state index is -3.80. The fourth-order valence-corrected chi connectivity index (χ4v) is 3.82. The standard InChI is InChI=1S/C19H18N2O7S/c22-17-11-21(29(26,27)20-17)10-14-5-7-16(8-6-14)19(25)28-12-15-3-1-13(2-4-15)9-18(23)24/h1-8H,9-12H2,(H,20,22)(H,23,24). The molecule has 2 aromatic rings. The van der Waals surface area contributed by atoms with Crippen molar-refractivity contribution < 1.29 is 32.6 Å². The smallest absolute Gasteiger partial charge is 0.338 e. The molecule has 0 atom stereocenters.